The molecule has 0 spiro atoms. The molecule has 0 aliphatic carbocycles. The second-order valence-corrected chi connectivity index (χ2v) is 14.4. The van der Waals surface area contributed by atoms with Gasteiger partial charge in [-0.3, -0.25) is 13.8 Å². The zero-order valence-corrected chi connectivity index (χ0v) is 32.9. The minimum atomic E-state index is -4.52. The van der Waals surface area contributed by atoms with Crippen molar-refractivity contribution in [1.29, 1.82) is 0 Å². The number of carbonyl (C=O) groups is 1. The Morgan fingerprint density at radius 3 is 1.71 bits per heavy atom. The number of carbonyl (C=O) groups excluding carboxylic acids is 1. The molecule has 10 heteroatoms. The highest BCUT2D eigenvalue weighted by molar-refractivity contribution is 7.47. The molecule has 3 atom stereocenters. The first-order valence-electron chi connectivity index (χ1n) is 19.8. The molecule has 0 aromatic rings. The smallest absolute Gasteiger partial charge is 0.457 e. The van der Waals surface area contributed by atoms with E-state index >= 15 is 0 Å². The molecule has 3 N–H and O–H groups in total. The molecule has 0 aliphatic rings. The van der Waals surface area contributed by atoms with Crippen molar-refractivity contribution in [1.82, 2.24) is 0 Å². The van der Waals surface area contributed by atoms with Gasteiger partial charge in [-0.25, -0.2) is 4.57 Å². The normalized spacial score (nSPS) is 14.8. The summed E-state index contributed by atoms with van der Waals surface area (Å²) in [7, 11) is -4.52. The van der Waals surface area contributed by atoms with Crippen LogP contribution in [0.1, 0.15) is 149 Å². The van der Waals surface area contributed by atoms with E-state index in [1.165, 1.54) is 19.3 Å². The summed E-state index contributed by atoms with van der Waals surface area (Å²) in [6.07, 6.45) is 41.8. The average Bonchev–Trinajstić information content (AvgIpc) is 3.12. The minimum absolute atomic E-state index is 0.0306. The summed E-state index contributed by atoms with van der Waals surface area (Å²) in [6.45, 7) is 3.30. The number of hydrogen-bond acceptors (Lipinski definition) is 8. The van der Waals surface area contributed by atoms with E-state index in [1.54, 1.807) is 0 Å². The SMILES string of the molecule is CC/C=C\C/C=C\C/C=C\C/C=C\CCCCCCCOCC(COP(=O)(O)OCC(O)CO)OC(=O)CCCCCCC/C=C\CCCCC. The van der Waals surface area contributed by atoms with Crippen LogP contribution in [0.3, 0.4) is 0 Å². The lowest BCUT2D eigenvalue weighted by Gasteiger charge is -2.20. The molecule has 0 aromatic carbocycles. The zero-order valence-electron chi connectivity index (χ0n) is 32.1. The van der Waals surface area contributed by atoms with Crippen LogP contribution in [0.15, 0.2) is 60.8 Å². The van der Waals surface area contributed by atoms with E-state index in [-0.39, 0.29) is 13.0 Å². The first kappa shape index (κ1) is 49.2. The second-order valence-electron chi connectivity index (χ2n) is 12.9. The number of unbranched alkanes of at least 4 members (excludes halogenated alkanes) is 13. The number of phosphoric acid groups is 1. The van der Waals surface area contributed by atoms with Gasteiger partial charge in [0.2, 0.25) is 0 Å². The molecule has 0 fully saturated rings. The quantitative estimate of drug-likeness (QED) is 0.0246. The average molecular weight is 741 g/mol. The predicted molar refractivity (Wildman–Crippen MR) is 210 cm³/mol. The Bertz CT molecular complexity index is 976. The van der Waals surface area contributed by atoms with Crippen molar-refractivity contribution in [2.75, 3.05) is 33.0 Å². The molecular weight excluding hydrogens is 667 g/mol. The predicted octanol–water partition coefficient (Wildman–Crippen LogP) is 10.4. The fourth-order valence-electron chi connectivity index (χ4n) is 4.93. The van der Waals surface area contributed by atoms with E-state index in [0.717, 1.165) is 103 Å². The lowest BCUT2D eigenvalue weighted by molar-refractivity contribution is -0.154. The van der Waals surface area contributed by atoms with Crippen molar-refractivity contribution in [2.45, 2.75) is 161 Å². The number of hydrogen-bond donors (Lipinski definition) is 3. The van der Waals surface area contributed by atoms with Crippen LogP contribution in [0.2, 0.25) is 0 Å². The maximum absolute atomic E-state index is 12.5. The highest BCUT2D eigenvalue weighted by Crippen LogP contribution is 2.43. The van der Waals surface area contributed by atoms with Gasteiger partial charge in [-0.05, 0) is 77.0 Å². The number of esters is 1. The molecule has 0 amide bonds. The summed E-state index contributed by atoms with van der Waals surface area (Å²) >= 11 is 0. The van der Waals surface area contributed by atoms with Gasteiger partial charge in [0.1, 0.15) is 12.2 Å². The summed E-state index contributed by atoms with van der Waals surface area (Å²) in [5, 5.41) is 18.3. The topological polar surface area (TPSA) is 132 Å². The summed E-state index contributed by atoms with van der Waals surface area (Å²) in [5.41, 5.74) is 0. The highest BCUT2D eigenvalue weighted by atomic mass is 31.2. The Kier molecular flexibility index (Phi) is 36.5. The first-order chi connectivity index (χ1) is 24.8. The number of phosphoric ester groups is 1. The third-order valence-corrected chi connectivity index (χ3v) is 8.89. The Labute approximate surface area is 310 Å². The molecule has 0 heterocycles. The third kappa shape index (κ3) is 37.7. The lowest BCUT2D eigenvalue weighted by atomic mass is 10.1. The number of allylic oxidation sites excluding steroid dienone is 10. The largest absolute Gasteiger partial charge is 0.472 e. The summed E-state index contributed by atoms with van der Waals surface area (Å²) in [6, 6.07) is 0. The molecule has 0 rings (SSSR count). The van der Waals surface area contributed by atoms with Gasteiger partial charge in [0.05, 0.1) is 26.4 Å². The molecule has 0 aromatic heterocycles. The van der Waals surface area contributed by atoms with Crippen LogP contribution in [-0.2, 0) is 27.9 Å². The number of ether oxygens (including phenoxy) is 2. The lowest BCUT2D eigenvalue weighted by Crippen LogP contribution is -2.29. The van der Waals surface area contributed by atoms with Crippen molar-refractivity contribution < 1.29 is 43.0 Å². The summed E-state index contributed by atoms with van der Waals surface area (Å²) in [4.78, 5) is 22.5. The number of aliphatic hydroxyl groups is 2. The van der Waals surface area contributed by atoms with Crippen molar-refractivity contribution >= 4 is 13.8 Å². The Morgan fingerprint density at radius 2 is 1.12 bits per heavy atom. The van der Waals surface area contributed by atoms with E-state index in [4.69, 9.17) is 23.6 Å². The van der Waals surface area contributed by atoms with Crippen LogP contribution in [0.4, 0.5) is 0 Å². The van der Waals surface area contributed by atoms with Crippen molar-refractivity contribution in [3.8, 4) is 0 Å². The van der Waals surface area contributed by atoms with Gasteiger partial charge in [0.25, 0.3) is 0 Å². The van der Waals surface area contributed by atoms with E-state index in [2.05, 4.69) is 74.6 Å². The molecule has 0 saturated heterocycles. The van der Waals surface area contributed by atoms with Crippen LogP contribution in [-0.4, -0.2) is 66.3 Å². The van der Waals surface area contributed by atoms with E-state index in [1.807, 2.05) is 0 Å². The molecule has 296 valence electrons. The summed E-state index contributed by atoms with van der Waals surface area (Å²) in [5.74, 6) is -0.403. The molecule has 0 bridgehead atoms. The van der Waals surface area contributed by atoms with Crippen LogP contribution in [0, 0.1) is 0 Å². The van der Waals surface area contributed by atoms with Crippen LogP contribution in [0.5, 0.6) is 0 Å². The van der Waals surface area contributed by atoms with Gasteiger partial charge in [-0.2, -0.15) is 0 Å². The van der Waals surface area contributed by atoms with Crippen LogP contribution >= 0.6 is 7.82 Å². The molecule has 0 radical (unpaired) electrons. The molecule has 0 saturated carbocycles. The van der Waals surface area contributed by atoms with E-state index in [0.29, 0.717) is 13.0 Å². The Balaban J connectivity index is 4.26. The number of rotatable bonds is 37. The van der Waals surface area contributed by atoms with Crippen molar-refractivity contribution in [3.05, 3.63) is 60.8 Å². The first-order valence-corrected chi connectivity index (χ1v) is 21.3. The monoisotopic (exact) mass is 740 g/mol. The number of aliphatic hydroxyl groups excluding tert-OH is 2. The van der Waals surface area contributed by atoms with Gasteiger partial charge in [0, 0.05) is 13.0 Å². The fraction of sp³-hybridized carbons (Fsp3) is 0.732. The van der Waals surface area contributed by atoms with Gasteiger partial charge in [-0.15, -0.1) is 0 Å². The standard InChI is InChI=1S/C41H73O9P/c1-3-5-7-9-11-13-15-17-18-19-20-21-22-24-26-28-30-32-34-47-37-40(38-49-51(45,46)48-36-39(43)35-42)50-41(44)33-31-29-27-25-23-16-14-12-10-8-6-4-2/h5,7,11-14,17-18,20-21,39-40,42-43H,3-4,6,8-10,15-16,19,22-38H2,1-2H3,(H,45,46)/b7-5-,13-11-,14-12-,18-17-,21-20-. The molecule has 0 aliphatic heterocycles. The van der Waals surface area contributed by atoms with E-state index in [9.17, 15) is 19.4 Å². The van der Waals surface area contributed by atoms with Crippen LogP contribution in [0.25, 0.3) is 0 Å². The Morgan fingerprint density at radius 1 is 0.627 bits per heavy atom. The zero-order chi connectivity index (χ0) is 37.5. The second kappa shape index (κ2) is 37.9. The van der Waals surface area contributed by atoms with Gasteiger partial charge in [0.15, 0.2) is 0 Å². The Hall–Kier alpha value is -1.84. The van der Waals surface area contributed by atoms with Crippen molar-refractivity contribution in [2.24, 2.45) is 0 Å². The molecule has 51 heavy (non-hydrogen) atoms. The van der Waals surface area contributed by atoms with Gasteiger partial charge in [-0.1, -0.05) is 126 Å². The maximum atomic E-state index is 12.5. The molecule has 9 nitrogen and oxygen atoms in total. The maximum Gasteiger partial charge on any atom is 0.472 e. The summed E-state index contributed by atoms with van der Waals surface area (Å²) < 4.78 is 33.2. The van der Waals surface area contributed by atoms with Gasteiger partial charge >= 0.3 is 13.8 Å². The molecular formula is C41H73O9P. The third-order valence-electron chi connectivity index (χ3n) is 7.94. The van der Waals surface area contributed by atoms with Crippen LogP contribution < -0.4 is 0 Å². The molecule has 3 unspecified atom stereocenters. The minimum Gasteiger partial charge on any atom is -0.457 e. The fourth-order valence-corrected chi connectivity index (χ4v) is 5.72. The van der Waals surface area contributed by atoms with Crippen molar-refractivity contribution in [3.63, 3.8) is 0 Å². The van der Waals surface area contributed by atoms with E-state index < -0.39 is 45.8 Å². The van der Waals surface area contributed by atoms with Gasteiger partial charge < -0.3 is 24.6 Å². The highest BCUT2D eigenvalue weighted by Gasteiger charge is 2.26.